The number of nitrogens with zero attached hydrogens (tertiary/aromatic N) is 1. The Bertz CT molecular complexity index is 1150. The summed E-state index contributed by atoms with van der Waals surface area (Å²) in [7, 11) is 0. The van der Waals surface area contributed by atoms with Crippen LogP contribution in [0.2, 0.25) is 0 Å². The van der Waals surface area contributed by atoms with E-state index in [4.69, 9.17) is 4.42 Å². The topological polar surface area (TPSA) is 55.1 Å². The van der Waals surface area contributed by atoms with Crippen LogP contribution in [0, 0.1) is 5.82 Å². The molecule has 0 bridgehead atoms. The van der Waals surface area contributed by atoms with Crippen LogP contribution < -0.4 is 5.32 Å². The molecule has 1 aromatic heterocycles. The first-order valence-corrected chi connectivity index (χ1v) is 9.07. The monoisotopic (exact) mass is 374 g/mol. The minimum atomic E-state index is -0.380. The Kier molecular flexibility index (Phi) is 4.65. The van der Waals surface area contributed by atoms with Gasteiger partial charge < -0.3 is 9.73 Å². The second kappa shape index (κ2) is 7.27. The highest BCUT2D eigenvalue weighted by molar-refractivity contribution is 6.04. The zero-order chi connectivity index (χ0) is 19.7. The van der Waals surface area contributed by atoms with Crippen LogP contribution in [0.4, 0.5) is 10.1 Å². The number of oxazole rings is 1. The van der Waals surface area contributed by atoms with Gasteiger partial charge in [0.1, 0.15) is 11.3 Å². The van der Waals surface area contributed by atoms with Crippen LogP contribution in [0.5, 0.6) is 0 Å². The molecule has 4 nitrogen and oxygen atoms in total. The van der Waals surface area contributed by atoms with Gasteiger partial charge in [-0.05, 0) is 66.1 Å². The van der Waals surface area contributed by atoms with Gasteiger partial charge in [-0.3, -0.25) is 4.79 Å². The number of fused-ring (bicyclic) bond motifs is 1. The van der Waals surface area contributed by atoms with Crippen molar-refractivity contribution in [3.05, 3.63) is 83.7 Å². The summed E-state index contributed by atoms with van der Waals surface area (Å²) in [5, 5.41) is 2.81. The highest BCUT2D eigenvalue weighted by atomic mass is 19.1. The standard InChI is InChI=1S/C23H19FN2O2/c1-14(2)16-8-11-21-20(13-16)26-23(28-21)17-4-3-5-19(12-17)25-22(27)15-6-9-18(24)10-7-15/h3-14H,1-2H3,(H,25,27). The minimum Gasteiger partial charge on any atom is -0.436 e. The minimum absolute atomic E-state index is 0.309. The number of benzene rings is 3. The number of hydrogen-bond acceptors (Lipinski definition) is 3. The molecule has 28 heavy (non-hydrogen) atoms. The Morgan fingerprint density at radius 3 is 2.57 bits per heavy atom. The molecule has 0 spiro atoms. The van der Waals surface area contributed by atoms with E-state index in [1.807, 2.05) is 30.3 Å². The number of carbonyl (C=O) groups excluding carboxylic acids is 1. The zero-order valence-electron chi connectivity index (χ0n) is 15.6. The van der Waals surface area contributed by atoms with Gasteiger partial charge in [0.05, 0.1) is 0 Å². The van der Waals surface area contributed by atoms with E-state index < -0.39 is 0 Å². The quantitative estimate of drug-likeness (QED) is 0.476. The lowest BCUT2D eigenvalue weighted by Gasteiger charge is -2.06. The van der Waals surface area contributed by atoms with Crippen molar-refractivity contribution in [2.24, 2.45) is 0 Å². The molecule has 0 aliphatic rings. The van der Waals surface area contributed by atoms with E-state index in [1.54, 1.807) is 12.1 Å². The van der Waals surface area contributed by atoms with Gasteiger partial charge in [0, 0.05) is 16.8 Å². The largest absolute Gasteiger partial charge is 0.436 e. The van der Waals surface area contributed by atoms with E-state index in [0.29, 0.717) is 23.1 Å². The molecule has 1 amide bonds. The summed E-state index contributed by atoms with van der Waals surface area (Å²) < 4.78 is 18.9. The van der Waals surface area contributed by atoms with Gasteiger partial charge in [0.15, 0.2) is 5.58 Å². The SMILES string of the molecule is CC(C)c1ccc2oc(-c3cccc(NC(=O)c4ccc(F)cc4)c3)nc2c1. The Balaban J connectivity index is 1.60. The molecule has 5 heteroatoms. The van der Waals surface area contributed by atoms with Gasteiger partial charge in [-0.15, -0.1) is 0 Å². The molecular formula is C23H19FN2O2. The summed E-state index contributed by atoms with van der Waals surface area (Å²) >= 11 is 0. The number of anilines is 1. The van der Waals surface area contributed by atoms with Crippen molar-refractivity contribution < 1.29 is 13.6 Å². The maximum Gasteiger partial charge on any atom is 0.255 e. The highest BCUT2D eigenvalue weighted by Gasteiger charge is 2.12. The summed E-state index contributed by atoms with van der Waals surface area (Å²) in [5.74, 6) is 0.217. The number of hydrogen-bond donors (Lipinski definition) is 1. The van der Waals surface area contributed by atoms with Crippen molar-refractivity contribution in [1.29, 1.82) is 0 Å². The Morgan fingerprint density at radius 1 is 1.04 bits per heavy atom. The third-order valence-electron chi connectivity index (χ3n) is 4.55. The maximum absolute atomic E-state index is 13.0. The van der Waals surface area contributed by atoms with Gasteiger partial charge in [0.25, 0.3) is 5.91 Å². The van der Waals surface area contributed by atoms with E-state index in [0.717, 1.165) is 16.7 Å². The fourth-order valence-corrected chi connectivity index (χ4v) is 2.96. The third-order valence-corrected chi connectivity index (χ3v) is 4.55. The van der Waals surface area contributed by atoms with Crippen molar-refractivity contribution in [2.45, 2.75) is 19.8 Å². The fourth-order valence-electron chi connectivity index (χ4n) is 2.96. The number of amides is 1. The molecule has 0 unspecified atom stereocenters. The predicted octanol–water partition coefficient (Wildman–Crippen LogP) is 6.01. The number of carbonyl (C=O) groups is 1. The fraction of sp³-hybridized carbons (Fsp3) is 0.130. The lowest BCUT2D eigenvalue weighted by atomic mass is 10.0. The van der Waals surface area contributed by atoms with Crippen LogP contribution in [0.15, 0.2) is 71.1 Å². The first kappa shape index (κ1) is 17.9. The van der Waals surface area contributed by atoms with Crippen LogP contribution in [0.1, 0.15) is 35.7 Å². The molecule has 1 heterocycles. The second-order valence-electron chi connectivity index (χ2n) is 6.94. The average Bonchev–Trinajstić information content (AvgIpc) is 3.12. The molecule has 4 rings (SSSR count). The average molecular weight is 374 g/mol. The Morgan fingerprint density at radius 2 is 1.82 bits per heavy atom. The molecule has 0 saturated carbocycles. The highest BCUT2D eigenvalue weighted by Crippen LogP contribution is 2.28. The molecule has 0 saturated heterocycles. The van der Waals surface area contributed by atoms with Crippen LogP contribution in [0.25, 0.3) is 22.6 Å². The van der Waals surface area contributed by atoms with Crippen LogP contribution in [-0.4, -0.2) is 10.9 Å². The molecule has 0 aliphatic carbocycles. The number of rotatable bonds is 4. The lowest BCUT2D eigenvalue weighted by Crippen LogP contribution is -2.11. The van der Waals surface area contributed by atoms with E-state index in [2.05, 4.69) is 24.1 Å². The number of halogens is 1. The summed E-state index contributed by atoms with van der Waals surface area (Å²) in [5.41, 5.74) is 4.49. The first-order chi connectivity index (χ1) is 13.5. The van der Waals surface area contributed by atoms with Crippen molar-refractivity contribution in [1.82, 2.24) is 4.98 Å². The van der Waals surface area contributed by atoms with Gasteiger partial charge in [-0.25, -0.2) is 9.37 Å². The van der Waals surface area contributed by atoms with Gasteiger partial charge in [-0.2, -0.15) is 0 Å². The first-order valence-electron chi connectivity index (χ1n) is 9.07. The summed E-state index contributed by atoms with van der Waals surface area (Å²) in [6, 6.07) is 18.7. The van der Waals surface area contributed by atoms with E-state index >= 15 is 0 Å². The van der Waals surface area contributed by atoms with Crippen molar-refractivity contribution in [3.63, 3.8) is 0 Å². The van der Waals surface area contributed by atoms with Crippen LogP contribution in [-0.2, 0) is 0 Å². The molecule has 0 aliphatic heterocycles. The van der Waals surface area contributed by atoms with Crippen molar-refractivity contribution in [3.8, 4) is 11.5 Å². The van der Waals surface area contributed by atoms with E-state index in [1.165, 1.54) is 29.8 Å². The molecule has 0 fully saturated rings. The lowest BCUT2D eigenvalue weighted by molar-refractivity contribution is 0.102. The molecular weight excluding hydrogens is 355 g/mol. The number of nitrogens with one attached hydrogen (secondary N) is 1. The maximum atomic E-state index is 13.0. The van der Waals surface area contributed by atoms with Gasteiger partial charge in [-0.1, -0.05) is 26.0 Å². The molecule has 1 N–H and O–H groups in total. The van der Waals surface area contributed by atoms with Gasteiger partial charge in [0.2, 0.25) is 5.89 Å². The molecule has 0 atom stereocenters. The zero-order valence-corrected chi connectivity index (χ0v) is 15.6. The van der Waals surface area contributed by atoms with E-state index in [-0.39, 0.29) is 11.7 Å². The normalized spacial score (nSPS) is 11.1. The van der Waals surface area contributed by atoms with E-state index in [9.17, 15) is 9.18 Å². The smallest absolute Gasteiger partial charge is 0.255 e. The van der Waals surface area contributed by atoms with Crippen molar-refractivity contribution >= 4 is 22.7 Å². The van der Waals surface area contributed by atoms with Crippen LogP contribution >= 0.6 is 0 Å². The molecule has 4 aromatic rings. The summed E-state index contributed by atoms with van der Waals surface area (Å²) in [4.78, 5) is 16.9. The molecule has 3 aromatic carbocycles. The van der Waals surface area contributed by atoms with Crippen LogP contribution in [0.3, 0.4) is 0 Å². The summed E-state index contributed by atoms with van der Waals surface area (Å²) in [6.07, 6.45) is 0. The Labute approximate surface area is 162 Å². The Hall–Kier alpha value is -3.47. The molecule has 140 valence electrons. The predicted molar refractivity (Wildman–Crippen MR) is 108 cm³/mol. The second-order valence-corrected chi connectivity index (χ2v) is 6.94. The number of aromatic nitrogens is 1. The summed E-state index contributed by atoms with van der Waals surface area (Å²) in [6.45, 7) is 4.27. The van der Waals surface area contributed by atoms with Gasteiger partial charge >= 0.3 is 0 Å². The van der Waals surface area contributed by atoms with Crippen molar-refractivity contribution in [2.75, 3.05) is 5.32 Å². The third kappa shape index (κ3) is 3.64. The molecule has 0 radical (unpaired) electrons.